The van der Waals surface area contributed by atoms with E-state index < -0.39 is 0 Å². The molecule has 0 saturated heterocycles. The number of carbonyl (C=O) groups excluding carboxylic acids is 1. The molecule has 0 radical (unpaired) electrons. The Kier molecular flexibility index (Phi) is 5.40. The van der Waals surface area contributed by atoms with Crippen molar-refractivity contribution < 1.29 is 9.53 Å². The molecule has 0 spiro atoms. The Morgan fingerprint density at radius 2 is 1.77 bits per heavy atom. The van der Waals surface area contributed by atoms with E-state index in [0.717, 1.165) is 23.3 Å². The van der Waals surface area contributed by atoms with E-state index >= 15 is 0 Å². The number of imidazole rings is 1. The van der Waals surface area contributed by atoms with Crippen LogP contribution in [0.2, 0.25) is 0 Å². The van der Waals surface area contributed by atoms with E-state index in [1.165, 1.54) is 18.2 Å². The van der Waals surface area contributed by atoms with Crippen molar-refractivity contribution >= 4 is 17.0 Å². The van der Waals surface area contributed by atoms with E-state index in [0.29, 0.717) is 5.92 Å². The number of ether oxygens (including phenoxy) is 1. The van der Waals surface area contributed by atoms with Crippen molar-refractivity contribution in [3.05, 3.63) is 65.5 Å². The van der Waals surface area contributed by atoms with Gasteiger partial charge >= 0.3 is 5.97 Å². The van der Waals surface area contributed by atoms with Gasteiger partial charge in [0.05, 0.1) is 18.1 Å². The number of methoxy groups -OCH3 is 1. The molecule has 4 heteroatoms. The quantitative estimate of drug-likeness (QED) is 0.612. The van der Waals surface area contributed by atoms with Gasteiger partial charge in [-0.3, -0.25) is 4.79 Å². The fraction of sp³-hybridized carbons (Fsp3) is 0.364. The molecule has 26 heavy (non-hydrogen) atoms. The minimum Gasteiger partial charge on any atom is -0.468 e. The number of benzene rings is 2. The summed E-state index contributed by atoms with van der Waals surface area (Å²) < 4.78 is 6.84. The standard InChI is InChI=1S/C22H26N2O2/c1-15(2)13-17-9-11-18(12-10-17)16(3)22-23-19-7-5-6-8-20(19)24(22)14-21(25)26-4/h5-12,15-16H,13-14H2,1-4H3. The fourth-order valence-electron chi connectivity index (χ4n) is 3.35. The van der Waals surface area contributed by atoms with E-state index in [2.05, 4.69) is 45.0 Å². The first kappa shape index (κ1) is 18.2. The average molecular weight is 350 g/mol. The van der Waals surface area contributed by atoms with E-state index in [9.17, 15) is 4.79 Å². The second-order valence-corrected chi connectivity index (χ2v) is 7.18. The maximum absolute atomic E-state index is 11.9. The van der Waals surface area contributed by atoms with Gasteiger partial charge in [0.25, 0.3) is 0 Å². The highest BCUT2D eigenvalue weighted by molar-refractivity contribution is 5.79. The van der Waals surface area contributed by atoms with Crippen LogP contribution in [0.15, 0.2) is 48.5 Å². The first-order valence-electron chi connectivity index (χ1n) is 9.10. The van der Waals surface area contributed by atoms with E-state index in [1.54, 1.807) is 0 Å². The number of hydrogen-bond acceptors (Lipinski definition) is 3. The smallest absolute Gasteiger partial charge is 0.325 e. The predicted molar refractivity (Wildman–Crippen MR) is 104 cm³/mol. The number of esters is 1. The molecule has 0 aliphatic heterocycles. The normalized spacial score (nSPS) is 12.5. The van der Waals surface area contributed by atoms with Crippen molar-refractivity contribution in [3.8, 4) is 0 Å². The first-order valence-corrected chi connectivity index (χ1v) is 9.10. The minimum absolute atomic E-state index is 0.0835. The number of para-hydroxylation sites is 2. The molecule has 0 aliphatic rings. The van der Waals surface area contributed by atoms with Crippen molar-refractivity contribution in [1.82, 2.24) is 9.55 Å². The molecule has 4 nitrogen and oxygen atoms in total. The molecule has 3 aromatic rings. The van der Waals surface area contributed by atoms with Crippen LogP contribution < -0.4 is 0 Å². The van der Waals surface area contributed by atoms with Gasteiger partial charge in [-0.2, -0.15) is 0 Å². The van der Waals surface area contributed by atoms with Gasteiger partial charge < -0.3 is 9.30 Å². The van der Waals surface area contributed by atoms with Gasteiger partial charge in [0.1, 0.15) is 12.4 Å². The summed E-state index contributed by atoms with van der Waals surface area (Å²) in [6.07, 6.45) is 1.08. The topological polar surface area (TPSA) is 44.1 Å². The van der Waals surface area contributed by atoms with Crippen molar-refractivity contribution in [2.45, 2.75) is 39.7 Å². The zero-order valence-electron chi connectivity index (χ0n) is 15.9. The summed E-state index contributed by atoms with van der Waals surface area (Å²) in [6, 6.07) is 16.6. The Hall–Kier alpha value is -2.62. The third-order valence-electron chi connectivity index (χ3n) is 4.71. The van der Waals surface area contributed by atoms with E-state index in [-0.39, 0.29) is 18.4 Å². The number of carbonyl (C=O) groups is 1. The third kappa shape index (κ3) is 3.79. The molecule has 1 heterocycles. The third-order valence-corrected chi connectivity index (χ3v) is 4.71. The van der Waals surface area contributed by atoms with Crippen LogP contribution >= 0.6 is 0 Å². The number of hydrogen-bond donors (Lipinski definition) is 0. The highest BCUT2D eigenvalue weighted by Gasteiger charge is 2.20. The largest absolute Gasteiger partial charge is 0.468 e. The highest BCUT2D eigenvalue weighted by atomic mass is 16.5. The van der Waals surface area contributed by atoms with Crippen LogP contribution in [-0.2, 0) is 22.5 Å². The van der Waals surface area contributed by atoms with Crippen LogP contribution in [0.1, 0.15) is 43.6 Å². The Bertz CT molecular complexity index is 894. The molecule has 0 saturated carbocycles. The van der Waals surface area contributed by atoms with Crippen molar-refractivity contribution in [1.29, 1.82) is 0 Å². The second kappa shape index (κ2) is 7.73. The van der Waals surface area contributed by atoms with Crippen LogP contribution in [0, 0.1) is 5.92 Å². The molecule has 1 aromatic heterocycles. The Morgan fingerprint density at radius 3 is 2.42 bits per heavy atom. The molecule has 0 fully saturated rings. The summed E-state index contributed by atoms with van der Waals surface area (Å²) in [6.45, 7) is 6.76. The average Bonchev–Trinajstić information content (AvgIpc) is 2.99. The summed E-state index contributed by atoms with van der Waals surface area (Å²) in [4.78, 5) is 16.7. The molecular formula is C22H26N2O2. The van der Waals surface area contributed by atoms with Crippen molar-refractivity contribution in [2.75, 3.05) is 7.11 Å². The van der Waals surface area contributed by atoms with Crippen LogP contribution in [-0.4, -0.2) is 22.6 Å². The molecule has 0 amide bonds. The van der Waals surface area contributed by atoms with Crippen molar-refractivity contribution in [3.63, 3.8) is 0 Å². The summed E-state index contributed by atoms with van der Waals surface area (Å²) in [5.74, 6) is 1.34. The molecule has 136 valence electrons. The fourth-order valence-corrected chi connectivity index (χ4v) is 3.35. The lowest BCUT2D eigenvalue weighted by Crippen LogP contribution is -2.16. The maximum Gasteiger partial charge on any atom is 0.325 e. The SMILES string of the molecule is COC(=O)Cn1c(C(C)c2ccc(CC(C)C)cc2)nc2ccccc21. The lowest BCUT2D eigenvalue weighted by molar-refractivity contribution is -0.141. The van der Waals surface area contributed by atoms with Crippen molar-refractivity contribution in [2.24, 2.45) is 5.92 Å². The molecule has 2 aromatic carbocycles. The number of rotatable bonds is 6. The minimum atomic E-state index is -0.270. The summed E-state index contributed by atoms with van der Waals surface area (Å²) >= 11 is 0. The maximum atomic E-state index is 11.9. The number of aromatic nitrogens is 2. The predicted octanol–water partition coefficient (Wildman–Crippen LogP) is 4.56. The molecule has 3 rings (SSSR count). The summed E-state index contributed by atoms with van der Waals surface area (Å²) in [5.41, 5.74) is 4.39. The van der Waals surface area contributed by atoms with Gasteiger partial charge in [-0.05, 0) is 35.6 Å². The summed E-state index contributed by atoms with van der Waals surface area (Å²) in [7, 11) is 1.41. The molecule has 0 N–H and O–H groups in total. The lowest BCUT2D eigenvalue weighted by atomic mass is 9.96. The van der Waals surface area contributed by atoms with Crippen LogP contribution in [0.5, 0.6) is 0 Å². The van der Waals surface area contributed by atoms with Gasteiger partial charge in [0.15, 0.2) is 0 Å². The Labute approximate surface area is 154 Å². The van der Waals surface area contributed by atoms with Gasteiger partial charge in [-0.1, -0.05) is 57.2 Å². The Morgan fingerprint density at radius 1 is 1.08 bits per heavy atom. The second-order valence-electron chi connectivity index (χ2n) is 7.18. The zero-order valence-corrected chi connectivity index (χ0v) is 15.9. The van der Waals surface area contributed by atoms with E-state index in [4.69, 9.17) is 9.72 Å². The Balaban J connectivity index is 1.98. The summed E-state index contributed by atoms with van der Waals surface area (Å²) in [5, 5.41) is 0. The first-order chi connectivity index (χ1) is 12.5. The van der Waals surface area contributed by atoms with Crippen LogP contribution in [0.25, 0.3) is 11.0 Å². The van der Waals surface area contributed by atoms with Gasteiger partial charge in [0, 0.05) is 5.92 Å². The van der Waals surface area contributed by atoms with Gasteiger partial charge in [-0.25, -0.2) is 4.98 Å². The monoisotopic (exact) mass is 350 g/mol. The number of fused-ring (bicyclic) bond motifs is 1. The lowest BCUT2D eigenvalue weighted by Gasteiger charge is -2.15. The van der Waals surface area contributed by atoms with Gasteiger partial charge in [0.2, 0.25) is 0 Å². The van der Waals surface area contributed by atoms with E-state index in [1.807, 2.05) is 28.8 Å². The highest BCUT2D eigenvalue weighted by Crippen LogP contribution is 2.28. The molecule has 0 bridgehead atoms. The van der Waals surface area contributed by atoms with Crippen LogP contribution in [0.4, 0.5) is 0 Å². The van der Waals surface area contributed by atoms with Crippen LogP contribution in [0.3, 0.4) is 0 Å². The van der Waals surface area contributed by atoms with Gasteiger partial charge in [-0.15, -0.1) is 0 Å². The molecule has 1 unspecified atom stereocenters. The molecule has 0 aliphatic carbocycles. The molecule has 1 atom stereocenters. The zero-order chi connectivity index (χ0) is 18.7. The number of nitrogens with zero attached hydrogens (tertiary/aromatic N) is 2. The molecular weight excluding hydrogens is 324 g/mol.